The summed E-state index contributed by atoms with van der Waals surface area (Å²) in [7, 11) is 1.25. The summed E-state index contributed by atoms with van der Waals surface area (Å²) in [5.41, 5.74) is -6.95. The fourth-order valence-corrected chi connectivity index (χ4v) is 11.2. The Labute approximate surface area is 266 Å². The number of ether oxygens (including phenoxy) is 5. The molecule has 252 valence electrons. The van der Waals surface area contributed by atoms with E-state index in [1.54, 1.807) is 19.9 Å². The fraction of sp³-hybridized carbons (Fsp3) is 0.727. The monoisotopic (exact) mass is 646 g/mol. The zero-order valence-electron chi connectivity index (χ0n) is 27.1. The van der Waals surface area contributed by atoms with E-state index in [1.165, 1.54) is 40.4 Å². The third-order valence-corrected chi connectivity index (χ3v) is 12.7. The lowest BCUT2D eigenvalue weighted by Crippen LogP contribution is -2.82. The van der Waals surface area contributed by atoms with Gasteiger partial charge < -0.3 is 38.3 Å². The number of rotatable bonds is 6. The first-order chi connectivity index (χ1) is 21.4. The Morgan fingerprint density at radius 3 is 2.15 bits per heavy atom. The van der Waals surface area contributed by atoms with Crippen LogP contribution in [-0.2, 0) is 47.7 Å². The van der Waals surface area contributed by atoms with Crippen LogP contribution in [0.15, 0.2) is 23.0 Å². The van der Waals surface area contributed by atoms with Crippen LogP contribution < -0.4 is 0 Å². The number of furan rings is 1. The molecule has 2 heterocycles. The Morgan fingerprint density at radius 1 is 0.957 bits per heavy atom. The predicted molar refractivity (Wildman–Crippen MR) is 153 cm³/mol. The van der Waals surface area contributed by atoms with Crippen LogP contribution in [0.25, 0.3) is 0 Å². The minimum absolute atomic E-state index is 0.0374. The Balaban J connectivity index is 1.64. The summed E-state index contributed by atoms with van der Waals surface area (Å²) in [6, 6.07) is 1.62. The highest BCUT2D eigenvalue weighted by molar-refractivity contribution is 5.73. The summed E-state index contributed by atoms with van der Waals surface area (Å²) in [5, 5.41) is 26.4. The van der Waals surface area contributed by atoms with Gasteiger partial charge in [-0.3, -0.25) is 24.0 Å². The molecule has 0 amide bonds. The Hall–Kier alpha value is -3.45. The topological polar surface area (TPSA) is 185 Å². The van der Waals surface area contributed by atoms with Gasteiger partial charge in [-0.2, -0.15) is 0 Å². The number of esters is 5. The molecule has 2 N–H and O–H groups in total. The molecule has 6 rings (SSSR count). The van der Waals surface area contributed by atoms with Gasteiger partial charge in [0.15, 0.2) is 0 Å². The van der Waals surface area contributed by atoms with Gasteiger partial charge in [-0.25, -0.2) is 0 Å². The predicted octanol–water partition coefficient (Wildman–Crippen LogP) is 2.41. The number of carbonyl (C=O) groups is 5. The lowest BCUT2D eigenvalue weighted by Gasteiger charge is -2.72. The molecular formula is C33H42O13. The van der Waals surface area contributed by atoms with Crippen LogP contribution in [0.5, 0.6) is 0 Å². The van der Waals surface area contributed by atoms with E-state index in [0.717, 1.165) is 0 Å². The number of aliphatic hydroxyl groups is 2. The van der Waals surface area contributed by atoms with Gasteiger partial charge in [0.05, 0.1) is 43.0 Å². The molecule has 1 saturated heterocycles. The van der Waals surface area contributed by atoms with E-state index in [0.29, 0.717) is 5.56 Å². The quantitative estimate of drug-likeness (QED) is 0.339. The van der Waals surface area contributed by atoms with Crippen LogP contribution in [0.2, 0.25) is 0 Å². The fourth-order valence-electron chi connectivity index (χ4n) is 11.2. The maximum atomic E-state index is 13.5. The third-order valence-electron chi connectivity index (χ3n) is 12.7. The summed E-state index contributed by atoms with van der Waals surface area (Å²) in [5.74, 6) is -7.12. The van der Waals surface area contributed by atoms with E-state index >= 15 is 0 Å². The van der Waals surface area contributed by atoms with Gasteiger partial charge in [0.2, 0.25) is 0 Å². The lowest BCUT2D eigenvalue weighted by molar-refractivity contribution is -0.365. The third kappa shape index (κ3) is 3.96. The van der Waals surface area contributed by atoms with Crippen molar-refractivity contribution < 1.29 is 62.3 Å². The molecule has 1 aliphatic heterocycles. The molecule has 0 radical (unpaired) electrons. The molecule has 4 aliphatic carbocycles. The normalized spacial score (nSPS) is 46.8. The Bertz CT molecular complexity index is 1470. The molecule has 13 heteroatoms. The maximum Gasteiger partial charge on any atom is 0.306 e. The van der Waals surface area contributed by atoms with Crippen LogP contribution in [0.3, 0.4) is 0 Å². The first-order valence-corrected chi connectivity index (χ1v) is 15.6. The number of fused-ring (bicyclic) bond motifs is 5. The van der Waals surface area contributed by atoms with Crippen LogP contribution >= 0.6 is 0 Å². The minimum atomic E-state index is -2.07. The molecule has 1 aromatic heterocycles. The van der Waals surface area contributed by atoms with Gasteiger partial charge in [-0.05, 0) is 24.8 Å². The number of carbonyl (C=O) groups excluding carboxylic acids is 5. The highest BCUT2D eigenvalue weighted by atomic mass is 16.6. The molecule has 1 aromatic rings. The standard InChI is InChI=1S/C33H42O13/c1-15(34)43-22-10-21-31(6)19(11-23(37)41-7)29(4)14-32(31,39)25(27(29)44-16(2)35)28(45-17(3)36)33(21,40)20-12-24(38)46-26(30(20,22)5)18-8-9-42-13-18/h8-9,13,19-22,25-28,39-40H,10-12,14H2,1-7H3/t19-,20+,21+,22-,25-,26-,27+,28+,29-,30-,31-,32-,33-/m0/s1. The number of hydrogen-bond acceptors (Lipinski definition) is 13. The molecule has 5 aliphatic rings. The molecule has 5 fully saturated rings. The van der Waals surface area contributed by atoms with E-state index in [2.05, 4.69) is 0 Å². The average molecular weight is 647 g/mol. The van der Waals surface area contributed by atoms with Gasteiger partial charge in [-0.15, -0.1) is 0 Å². The van der Waals surface area contributed by atoms with E-state index in [1.807, 2.05) is 6.92 Å². The van der Waals surface area contributed by atoms with E-state index in [-0.39, 0.29) is 25.7 Å². The maximum absolute atomic E-state index is 13.5. The minimum Gasteiger partial charge on any atom is -0.472 e. The van der Waals surface area contributed by atoms with Gasteiger partial charge in [0.25, 0.3) is 0 Å². The second-order valence-corrected chi connectivity index (χ2v) is 14.6. The number of hydrogen-bond donors (Lipinski definition) is 2. The van der Waals surface area contributed by atoms with Crippen molar-refractivity contribution in [1.29, 1.82) is 0 Å². The first-order valence-electron chi connectivity index (χ1n) is 15.6. The highest BCUT2D eigenvalue weighted by Gasteiger charge is 2.89. The van der Waals surface area contributed by atoms with Crippen molar-refractivity contribution in [3.8, 4) is 0 Å². The van der Waals surface area contributed by atoms with Crippen molar-refractivity contribution in [2.45, 2.75) is 103 Å². The van der Waals surface area contributed by atoms with Crippen LogP contribution in [-0.4, -0.2) is 76.7 Å². The summed E-state index contributed by atoms with van der Waals surface area (Å²) < 4.78 is 34.3. The van der Waals surface area contributed by atoms with Crippen LogP contribution in [0, 0.1) is 39.9 Å². The molecule has 46 heavy (non-hydrogen) atoms. The SMILES string of the molecule is COC(=O)C[C@H]1[C@]2(C)C[C@]3(O)[C@@H]([C@H]2OC(C)=O)[C@@H](OC(C)=O)[C@]2(O)[C@@H]4CC(=O)O[C@@H](c5ccoc5)[C@]4(C)[C@@H](OC(C)=O)C[C@@H]2[C@]13C. The van der Waals surface area contributed by atoms with Crippen LogP contribution in [0.1, 0.15) is 78.9 Å². The van der Waals surface area contributed by atoms with Crippen molar-refractivity contribution in [1.82, 2.24) is 0 Å². The Morgan fingerprint density at radius 2 is 1.59 bits per heavy atom. The highest BCUT2D eigenvalue weighted by Crippen LogP contribution is 2.81. The summed E-state index contributed by atoms with van der Waals surface area (Å²) >= 11 is 0. The van der Waals surface area contributed by atoms with E-state index < -0.39 is 105 Å². The number of methoxy groups -OCH3 is 1. The molecule has 0 spiro atoms. The smallest absolute Gasteiger partial charge is 0.306 e. The summed E-state index contributed by atoms with van der Waals surface area (Å²) in [6.45, 7) is 9.03. The second kappa shape index (κ2) is 10.3. The first kappa shape index (κ1) is 32.5. The van der Waals surface area contributed by atoms with Gasteiger partial charge in [0, 0.05) is 55.4 Å². The van der Waals surface area contributed by atoms with Gasteiger partial charge >= 0.3 is 29.8 Å². The molecule has 13 nitrogen and oxygen atoms in total. The van der Waals surface area contributed by atoms with Crippen molar-refractivity contribution in [2.24, 2.45) is 39.9 Å². The van der Waals surface area contributed by atoms with Crippen molar-refractivity contribution >= 4 is 29.8 Å². The average Bonchev–Trinajstić information content (AvgIpc) is 3.61. The Kier molecular flexibility index (Phi) is 7.26. The van der Waals surface area contributed by atoms with E-state index in [4.69, 9.17) is 28.1 Å². The molecular weight excluding hydrogens is 604 g/mol. The zero-order valence-corrected chi connectivity index (χ0v) is 27.1. The summed E-state index contributed by atoms with van der Waals surface area (Å²) in [4.78, 5) is 64.6. The molecule has 4 saturated carbocycles. The molecule has 13 atom stereocenters. The van der Waals surface area contributed by atoms with Crippen molar-refractivity contribution in [3.05, 3.63) is 24.2 Å². The van der Waals surface area contributed by atoms with E-state index in [9.17, 15) is 34.2 Å². The molecule has 2 bridgehead atoms. The largest absolute Gasteiger partial charge is 0.472 e. The number of cyclic esters (lactones) is 1. The van der Waals surface area contributed by atoms with Crippen molar-refractivity contribution in [2.75, 3.05) is 7.11 Å². The lowest BCUT2D eigenvalue weighted by atomic mass is 9.36. The summed E-state index contributed by atoms with van der Waals surface area (Å²) in [6.07, 6.45) is -2.21. The van der Waals surface area contributed by atoms with Crippen molar-refractivity contribution in [3.63, 3.8) is 0 Å². The van der Waals surface area contributed by atoms with Gasteiger partial charge in [-0.1, -0.05) is 20.8 Å². The molecule has 0 aromatic carbocycles. The zero-order chi connectivity index (χ0) is 33.8. The van der Waals surface area contributed by atoms with Gasteiger partial charge in [0.1, 0.15) is 30.0 Å². The second-order valence-electron chi connectivity index (χ2n) is 14.6. The molecule has 0 unspecified atom stereocenters. The van der Waals surface area contributed by atoms with Crippen LogP contribution in [0.4, 0.5) is 0 Å².